The fraction of sp³-hybridized carbons (Fsp3) is 0.778. The van der Waals surface area contributed by atoms with Gasteiger partial charge in [0.15, 0.2) is 5.82 Å². The predicted octanol–water partition coefficient (Wildman–Crippen LogP) is 1.67. The van der Waals surface area contributed by atoms with Crippen LogP contribution in [-0.2, 0) is 19.4 Å². The molecule has 0 bridgehead atoms. The van der Waals surface area contributed by atoms with Gasteiger partial charge in [-0.05, 0) is 27.7 Å². The minimum atomic E-state index is -3.92. The molecule has 1 heterocycles. The Labute approximate surface area is 105 Å². The molecule has 0 saturated carbocycles. The van der Waals surface area contributed by atoms with E-state index in [1.165, 1.54) is 11.7 Å². The molecule has 0 radical (unpaired) electrons. The van der Waals surface area contributed by atoms with Crippen molar-refractivity contribution < 1.29 is 13.2 Å². The molecule has 0 spiro atoms. The molecule has 0 fully saturated rings. The van der Waals surface area contributed by atoms with Crippen LogP contribution < -0.4 is 0 Å². The molecule has 1 aromatic rings. The Morgan fingerprint density at radius 1 is 1.35 bits per heavy atom. The van der Waals surface area contributed by atoms with Gasteiger partial charge >= 0.3 is 0 Å². The summed E-state index contributed by atoms with van der Waals surface area (Å²) in [5, 5.41) is 7.25. The molecule has 0 aliphatic carbocycles. The van der Waals surface area contributed by atoms with Crippen molar-refractivity contribution in [2.24, 2.45) is 0 Å². The predicted molar refractivity (Wildman–Crippen MR) is 63.5 cm³/mol. The van der Waals surface area contributed by atoms with Crippen molar-refractivity contribution in [1.29, 1.82) is 0 Å². The minimum absolute atomic E-state index is 0.141. The maximum Gasteiger partial charge on any atom is 0.296 e. The molecule has 0 saturated heterocycles. The van der Waals surface area contributed by atoms with E-state index < -0.39 is 14.7 Å². The first-order valence-electron chi connectivity index (χ1n) is 5.06. The van der Waals surface area contributed by atoms with Crippen LogP contribution >= 0.6 is 10.7 Å². The standard InChI is InChI=1S/C9H16ClN3O3S/c1-6(2)13-7(9(3,4)16-5)11-12-8(13)17(10,14)15/h6H,1-5H3. The number of hydrogen-bond donors (Lipinski definition) is 0. The summed E-state index contributed by atoms with van der Waals surface area (Å²) in [7, 11) is 2.92. The Morgan fingerprint density at radius 3 is 2.24 bits per heavy atom. The highest BCUT2D eigenvalue weighted by atomic mass is 35.7. The fourth-order valence-corrected chi connectivity index (χ4v) is 2.40. The topological polar surface area (TPSA) is 74.1 Å². The molecule has 0 aliphatic heterocycles. The molecule has 0 aliphatic rings. The summed E-state index contributed by atoms with van der Waals surface area (Å²) in [6.45, 7) is 7.20. The lowest BCUT2D eigenvalue weighted by atomic mass is 10.1. The summed E-state index contributed by atoms with van der Waals surface area (Å²) in [5.74, 6) is 0.425. The molecule has 98 valence electrons. The molecule has 0 aromatic carbocycles. The molecule has 0 atom stereocenters. The highest BCUT2D eigenvalue weighted by Gasteiger charge is 2.32. The van der Waals surface area contributed by atoms with Crippen LogP contribution in [0.1, 0.15) is 39.6 Å². The van der Waals surface area contributed by atoms with Crippen molar-refractivity contribution >= 4 is 19.7 Å². The first-order valence-corrected chi connectivity index (χ1v) is 7.37. The van der Waals surface area contributed by atoms with Crippen LogP contribution in [0.3, 0.4) is 0 Å². The third-order valence-electron chi connectivity index (χ3n) is 2.45. The summed E-state index contributed by atoms with van der Waals surface area (Å²) in [6, 6.07) is -0.141. The van der Waals surface area contributed by atoms with Gasteiger partial charge in [-0.1, -0.05) is 0 Å². The second-order valence-electron chi connectivity index (χ2n) is 4.42. The highest BCUT2D eigenvalue weighted by molar-refractivity contribution is 8.13. The first-order chi connectivity index (χ1) is 7.61. The summed E-state index contributed by atoms with van der Waals surface area (Å²) in [6.07, 6.45) is 0. The van der Waals surface area contributed by atoms with Crippen molar-refractivity contribution in [1.82, 2.24) is 14.8 Å². The van der Waals surface area contributed by atoms with E-state index in [1.54, 1.807) is 13.8 Å². The number of aromatic nitrogens is 3. The molecule has 1 rings (SSSR count). The van der Waals surface area contributed by atoms with Gasteiger partial charge in [-0.2, -0.15) is 0 Å². The molecular formula is C9H16ClN3O3S. The molecule has 8 heteroatoms. The second-order valence-corrected chi connectivity index (χ2v) is 6.88. The van der Waals surface area contributed by atoms with Crippen molar-refractivity contribution in [3.05, 3.63) is 5.82 Å². The normalized spacial score (nSPS) is 13.4. The van der Waals surface area contributed by atoms with Crippen LogP contribution in [0, 0.1) is 0 Å². The molecule has 0 amide bonds. The fourth-order valence-electron chi connectivity index (χ4n) is 1.41. The summed E-state index contributed by atoms with van der Waals surface area (Å²) < 4.78 is 29.5. The number of nitrogens with zero attached hydrogens (tertiary/aromatic N) is 3. The quantitative estimate of drug-likeness (QED) is 0.785. The van der Waals surface area contributed by atoms with E-state index >= 15 is 0 Å². The average molecular weight is 282 g/mol. The number of methoxy groups -OCH3 is 1. The van der Waals surface area contributed by atoms with Crippen LogP contribution in [0.5, 0.6) is 0 Å². The van der Waals surface area contributed by atoms with Gasteiger partial charge in [-0.3, -0.25) is 4.57 Å². The van der Waals surface area contributed by atoms with E-state index in [2.05, 4.69) is 10.2 Å². The Bertz CT molecular complexity index is 508. The van der Waals surface area contributed by atoms with Crippen molar-refractivity contribution in [2.75, 3.05) is 7.11 Å². The van der Waals surface area contributed by atoms with Crippen molar-refractivity contribution in [3.63, 3.8) is 0 Å². The number of hydrogen-bond acceptors (Lipinski definition) is 5. The smallest absolute Gasteiger partial charge is 0.296 e. The van der Waals surface area contributed by atoms with Gasteiger partial charge in [0, 0.05) is 23.8 Å². The molecule has 1 aromatic heterocycles. The van der Waals surface area contributed by atoms with Crippen LogP contribution in [0.2, 0.25) is 0 Å². The second kappa shape index (κ2) is 4.55. The monoisotopic (exact) mass is 281 g/mol. The van der Waals surface area contributed by atoms with Crippen molar-refractivity contribution in [2.45, 2.75) is 44.5 Å². The van der Waals surface area contributed by atoms with E-state index in [0.29, 0.717) is 5.82 Å². The SMILES string of the molecule is COC(C)(C)c1nnc(S(=O)(=O)Cl)n1C(C)C. The van der Waals surface area contributed by atoms with E-state index in [1.807, 2.05) is 13.8 Å². The lowest BCUT2D eigenvalue weighted by Crippen LogP contribution is -2.26. The Balaban J connectivity index is 3.52. The maximum atomic E-state index is 11.4. The van der Waals surface area contributed by atoms with Gasteiger partial charge in [-0.15, -0.1) is 10.2 Å². The Kier molecular flexibility index (Phi) is 3.85. The van der Waals surface area contributed by atoms with Crippen LogP contribution in [0.15, 0.2) is 5.16 Å². The zero-order valence-corrected chi connectivity index (χ0v) is 12.0. The molecule has 6 nitrogen and oxygen atoms in total. The van der Waals surface area contributed by atoms with E-state index in [-0.39, 0.29) is 11.2 Å². The highest BCUT2D eigenvalue weighted by Crippen LogP contribution is 2.28. The van der Waals surface area contributed by atoms with E-state index in [4.69, 9.17) is 15.4 Å². The minimum Gasteiger partial charge on any atom is -0.371 e. The van der Waals surface area contributed by atoms with Crippen molar-refractivity contribution in [3.8, 4) is 0 Å². The Hall–Kier alpha value is -0.660. The maximum absolute atomic E-state index is 11.4. The van der Waals surface area contributed by atoms with Crippen LogP contribution in [0.4, 0.5) is 0 Å². The zero-order valence-electron chi connectivity index (χ0n) is 10.4. The lowest BCUT2D eigenvalue weighted by molar-refractivity contribution is 0.00695. The summed E-state index contributed by atoms with van der Waals surface area (Å²) in [5.41, 5.74) is -0.739. The van der Waals surface area contributed by atoms with Gasteiger partial charge in [0.1, 0.15) is 5.60 Å². The van der Waals surface area contributed by atoms with Gasteiger partial charge in [-0.25, -0.2) is 8.42 Å². The van der Waals surface area contributed by atoms with Crippen LogP contribution in [-0.4, -0.2) is 30.3 Å². The zero-order chi connectivity index (χ0) is 13.4. The number of ether oxygens (including phenoxy) is 1. The van der Waals surface area contributed by atoms with Gasteiger partial charge in [0.25, 0.3) is 14.2 Å². The van der Waals surface area contributed by atoms with Gasteiger partial charge in [0.05, 0.1) is 0 Å². The lowest BCUT2D eigenvalue weighted by Gasteiger charge is -2.24. The van der Waals surface area contributed by atoms with E-state index in [9.17, 15) is 8.42 Å². The number of halogens is 1. The largest absolute Gasteiger partial charge is 0.371 e. The molecule has 17 heavy (non-hydrogen) atoms. The van der Waals surface area contributed by atoms with Gasteiger partial charge < -0.3 is 4.74 Å². The summed E-state index contributed by atoms with van der Waals surface area (Å²) in [4.78, 5) is 0. The molecular weight excluding hydrogens is 266 g/mol. The average Bonchev–Trinajstić information content (AvgIpc) is 2.61. The number of rotatable bonds is 4. The van der Waals surface area contributed by atoms with Crippen LogP contribution in [0.25, 0.3) is 0 Å². The third kappa shape index (κ3) is 2.78. The molecule has 0 unspecified atom stereocenters. The van der Waals surface area contributed by atoms with Gasteiger partial charge in [0.2, 0.25) is 0 Å². The first kappa shape index (κ1) is 14.4. The summed E-state index contributed by atoms with van der Waals surface area (Å²) >= 11 is 0. The molecule has 0 N–H and O–H groups in total. The van der Waals surface area contributed by atoms with E-state index in [0.717, 1.165) is 0 Å². The third-order valence-corrected chi connectivity index (χ3v) is 3.58. The Morgan fingerprint density at radius 2 is 1.88 bits per heavy atom.